The normalized spacial score (nSPS) is 12.8. The molecule has 10 aromatic rings. The van der Waals surface area contributed by atoms with Crippen molar-refractivity contribution in [3.8, 4) is 50.2 Å². The monoisotopic (exact) mass is 661 g/mol. The maximum absolute atomic E-state index is 6.23. The summed E-state index contributed by atoms with van der Waals surface area (Å²) in [5.41, 5.74) is 21.4. The third-order valence-electron chi connectivity index (χ3n) is 11.6. The molecule has 2 aromatic heterocycles. The van der Waals surface area contributed by atoms with Gasteiger partial charge in [-0.1, -0.05) is 103 Å². The van der Waals surface area contributed by atoms with Gasteiger partial charge in [-0.05, 0) is 140 Å². The van der Waals surface area contributed by atoms with Gasteiger partial charge >= 0.3 is 0 Å². The number of furan rings is 1. The van der Waals surface area contributed by atoms with Gasteiger partial charge in [0.2, 0.25) is 0 Å². The molecule has 12 rings (SSSR count). The van der Waals surface area contributed by atoms with Crippen LogP contribution in [0, 0.1) is 0 Å². The molecule has 0 unspecified atom stereocenters. The van der Waals surface area contributed by atoms with Crippen molar-refractivity contribution < 1.29 is 4.42 Å². The first kappa shape index (κ1) is 28.1. The molecule has 2 aliphatic carbocycles. The lowest BCUT2D eigenvalue weighted by molar-refractivity contribution is 0.669. The van der Waals surface area contributed by atoms with Crippen molar-refractivity contribution in [3.05, 3.63) is 186 Å². The molecule has 8 aromatic carbocycles. The van der Waals surface area contributed by atoms with Gasteiger partial charge in [0, 0.05) is 27.2 Å². The standard InChI is InChI=1S/C50H31NO/c1-3-9-39-34(7-1)23-36-15-13-30(25-42(36)39)32-17-20-47-44(27-32)45-28-33(31-14-16-37-24-35-8-2-4-10-40(35)43(37)26-31)18-21-48(45)51(47)38-19-22-50-46(29-38)41-11-5-6-12-49(41)52-50/h1-22,25-29H,23-24H2. The Labute approximate surface area is 300 Å². The van der Waals surface area contributed by atoms with E-state index in [0.717, 1.165) is 40.5 Å². The zero-order valence-corrected chi connectivity index (χ0v) is 28.4. The Morgan fingerprint density at radius 2 is 0.846 bits per heavy atom. The third kappa shape index (κ3) is 4.01. The Kier molecular flexibility index (Phi) is 5.64. The molecule has 0 spiro atoms. The number of nitrogens with zero attached hydrogens (tertiary/aromatic N) is 1. The van der Waals surface area contributed by atoms with E-state index in [-0.39, 0.29) is 0 Å². The van der Waals surface area contributed by atoms with E-state index >= 15 is 0 Å². The van der Waals surface area contributed by atoms with E-state index in [1.54, 1.807) is 0 Å². The Morgan fingerprint density at radius 1 is 0.346 bits per heavy atom. The number of hydrogen-bond acceptors (Lipinski definition) is 1. The van der Waals surface area contributed by atoms with E-state index in [2.05, 4.69) is 156 Å². The van der Waals surface area contributed by atoms with Crippen LogP contribution >= 0.6 is 0 Å². The minimum Gasteiger partial charge on any atom is -0.456 e. The van der Waals surface area contributed by atoms with Crippen LogP contribution in [0.25, 0.3) is 93.9 Å². The van der Waals surface area contributed by atoms with Crippen molar-refractivity contribution in [1.82, 2.24) is 4.57 Å². The molecule has 0 saturated heterocycles. The number of aromatic nitrogens is 1. The first-order valence-electron chi connectivity index (χ1n) is 18.2. The van der Waals surface area contributed by atoms with E-state index in [1.807, 2.05) is 12.1 Å². The molecule has 0 atom stereocenters. The van der Waals surface area contributed by atoms with Crippen LogP contribution in [0.5, 0.6) is 0 Å². The molecule has 2 aliphatic rings. The molecule has 0 amide bonds. The van der Waals surface area contributed by atoms with Gasteiger partial charge in [0.1, 0.15) is 11.2 Å². The molecule has 52 heavy (non-hydrogen) atoms. The SMILES string of the molecule is c1ccc2c(c1)Cc1ccc(-c3ccc4c(c3)c3cc(-c5ccc6c(c5)-c5ccccc5C6)ccc3n4-c3ccc4oc5ccccc5c4c3)cc1-2. The first-order valence-corrected chi connectivity index (χ1v) is 18.2. The average molecular weight is 662 g/mol. The fourth-order valence-corrected chi connectivity index (χ4v) is 9.12. The maximum Gasteiger partial charge on any atom is 0.135 e. The molecule has 2 heteroatoms. The fraction of sp³-hybridized carbons (Fsp3) is 0.0400. The van der Waals surface area contributed by atoms with Gasteiger partial charge in [-0.3, -0.25) is 0 Å². The Hall–Kier alpha value is -6.64. The zero-order valence-electron chi connectivity index (χ0n) is 28.4. The topological polar surface area (TPSA) is 18.1 Å². The molecule has 0 N–H and O–H groups in total. The predicted molar refractivity (Wildman–Crippen MR) is 215 cm³/mol. The summed E-state index contributed by atoms with van der Waals surface area (Å²) in [7, 11) is 0. The Bertz CT molecular complexity index is 2980. The highest BCUT2D eigenvalue weighted by Crippen LogP contribution is 2.43. The van der Waals surface area contributed by atoms with Crippen LogP contribution in [0.2, 0.25) is 0 Å². The van der Waals surface area contributed by atoms with E-state index in [4.69, 9.17) is 4.42 Å². The summed E-state index contributed by atoms with van der Waals surface area (Å²) in [5, 5.41) is 4.77. The van der Waals surface area contributed by atoms with Gasteiger partial charge in [0.25, 0.3) is 0 Å². The summed E-state index contributed by atoms with van der Waals surface area (Å²) in [4.78, 5) is 0. The first-order chi connectivity index (χ1) is 25.7. The van der Waals surface area contributed by atoms with Crippen LogP contribution < -0.4 is 0 Å². The number of benzene rings is 8. The summed E-state index contributed by atoms with van der Waals surface area (Å²) in [6.45, 7) is 0. The van der Waals surface area contributed by atoms with Crippen LogP contribution in [0.3, 0.4) is 0 Å². The van der Waals surface area contributed by atoms with Crippen molar-refractivity contribution in [2.45, 2.75) is 12.8 Å². The van der Waals surface area contributed by atoms with Gasteiger partial charge in [0.05, 0.1) is 11.0 Å². The molecular formula is C50H31NO. The molecule has 0 saturated carbocycles. The highest BCUT2D eigenvalue weighted by molar-refractivity contribution is 6.12. The zero-order chi connectivity index (χ0) is 33.9. The molecule has 2 heterocycles. The van der Waals surface area contributed by atoms with Crippen molar-refractivity contribution in [2.75, 3.05) is 0 Å². The highest BCUT2D eigenvalue weighted by atomic mass is 16.3. The van der Waals surface area contributed by atoms with Crippen LogP contribution in [0.4, 0.5) is 0 Å². The lowest BCUT2D eigenvalue weighted by Crippen LogP contribution is -1.93. The number of hydrogen-bond donors (Lipinski definition) is 0. The van der Waals surface area contributed by atoms with Crippen LogP contribution in [-0.4, -0.2) is 4.57 Å². The molecule has 0 aliphatic heterocycles. The molecule has 0 radical (unpaired) electrons. The second-order valence-electron chi connectivity index (χ2n) is 14.5. The van der Waals surface area contributed by atoms with E-state index in [0.29, 0.717) is 0 Å². The lowest BCUT2D eigenvalue weighted by atomic mass is 9.96. The van der Waals surface area contributed by atoms with Crippen molar-refractivity contribution >= 4 is 43.7 Å². The van der Waals surface area contributed by atoms with Gasteiger partial charge in [-0.15, -0.1) is 0 Å². The van der Waals surface area contributed by atoms with Gasteiger partial charge in [-0.2, -0.15) is 0 Å². The van der Waals surface area contributed by atoms with E-state index in [1.165, 1.54) is 88.6 Å². The predicted octanol–water partition coefficient (Wildman–Crippen LogP) is 13.2. The van der Waals surface area contributed by atoms with Crippen LogP contribution in [-0.2, 0) is 12.8 Å². The number of fused-ring (bicyclic) bond motifs is 12. The summed E-state index contributed by atoms with van der Waals surface area (Å²) < 4.78 is 8.66. The summed E-state index contributed by atoms with van der Waals surface area (Å²) in [6.07, 6.45) is 2.01. The second kappa shape index (κ2) is 10.4. The molecule has 0 bridgehead atoms. The third-order valence-corrected chi connectivity index (χ3v) is 11.6. The Balaban J connectivity index is 1.07. The Morgan fingerprint density at radius 3 is 1.48 bits per heavy atom. The lowest BCUT2D eigenvalue weighted by Gasteiger charge is -2.10. The van der Waals surface area contributed by atoms with Crippen LogP contribution in [0.15, 0.2) is 168 Å². The quantitative estimate of drug-likeness (QED) is 0.184. The summed E-state index contributed by atoms with van der Waals surface area (Å²) in [5.74, 6) is 0. The smallest absolute Gasteiger partial charge is 0.135 e. The minimum absolute atomic E-state index is 0.909. The summed E-state index contributed by atoms with van der Waals surface area (Å²) >= 11 is 0. The molecular weight excluding hydrogens is 631 g/mol. The molecule has 0 fully saturated rings. The summed E-state index contributed by atoms with van der Waals surface area (Å²) in [6, 6.07) is 60.7. The number of para-hydroxylation sites is 1. The second-order valence-corrected chi connectivity index (χ2v) is 14.5. The van der Waals surface area contributed by atoms with Crippen molar-refractivity contribution in [3.63, 3.8) is 0 Å². The van der Waals surface area contributed by atoms with Crippen molar-refractivity contribution in [1.29, 1.82) is 0 Å². The maximum atomic E-state index is 6.23. The van der Waals surface area contributed by atoms with Gasteiger partial charge < -0.3 is 8.98 Å². The van der Waals surface area contributed by atoms with E-state index < -0.39 is 0 Å². The number of rotatable bonds is 3. The largest absolute Gasteiger partial charge is 0.456 e. The molecule has 2 nitrogen and oxygen atoms in total. The highest BCUT2D eigenvalue weighted by Gasteiger charge is 2.21. The van der Waals surface area contributed by atoms with Gasteiger partial charge in [0.15, 0.2) is 0 Å². The molecule has 242 valence electrons. The van der Waals surface area contributed by atoms with Crippen LogP contribution in [0.1, 0.15) is 22.3 Å². The van der Waals surface area contributed by atoms with Gasteiger partial charge in [-0.25, -0.2) is 0 Å². The fourth-order valence-electron chi connectivity index (χ4n) is 9.12. The van der Waals surface area contributed by atoms with E-state index in [9.17, 15) is 0 Å². The average Bonchev–Trinajstić information content (AvgIpc) is 3.95. The minimum atomic E-state index is 0.909. The van der Waals surface area contributed by atoms with Crippen molar-refractivity contribution in [2.24, 2.45) is 0 Å².